The van der Waals surface area contributed by atoms with Crippen LogP contribution in [0.3, 0.4) is 0 Å². The lowest BCUT2D eigenvalue weighted by Gasteiger charge is -2.31. The number of piperidine rings is 1. The van der Waals surface area contributed by atoms with E-state index in [1.165, 1.54) is 14.2 Å². The SMILES string of the molecule is CCOC1CCN(C(=O)CNC(=O)c2ccc(OC)c(OC)c2)CC1. The van der Waals surface area contributed by atoms with E-state index in [4.69, 9.17) is 14.2 Å². The van der Waals surface area contributed by atoms with Gasteiger partial charge in [-0.2, -0.15) is 0 Å². The summed E-state index contributed by atoms with van der Waals surface area (Å²) < 4.78 is 15.9. The minimum absolute atomic E-state index is 0.0213. The lowest BCUT2D eigenvalue weighted by molar-refractivity contribution is -0.132. The Bertz CT molecular complexity index is 597. The fraction of sp³-hybridized carbons (Fsp3) is 0.556. The van der Waals surface area contributed by atoms with Gasteiger partial charge in [0.15, 0.2) is 11.5 Å². The number of benzene rings is 1. The maximum absolute atomic E-state index is 12.2. The number of carbonyl (C=O) groups excluding carboxylic acids is 2. The molecule has 1 aromatic carbocycles. The Morgan fingerprint density at radius 2 is 1.84 bits per heavy atom. The lowest BCUT2D eigenvalue weighted by atomic mass is 10.1. The van der Waals surface area contributed by atoms with Crippen molar-refractivity contribution in [3.63, 3.8) is 0 Å². The summed E-state index contributed by atoms with van der Waals surface area (Å²) in [4.78, 5) is 26.3. The number of hydrogen-bond donors (Lipinski definition) is 1. The van der Waals surface area contributed by atoms with Crippen molar-refractivity contribution in [2.75, 3.05) is 40.5 Å². The van der Waals surface area contributed by atoms with Crippen LogP contribution in [-0.4, -0.2) is 63.3 Å². The van der Waals surface area contributed by atoms with Crippen molar-refractivity contribution in [1.82, 2.24) is 10.2 Å². The molecule has 7 nitrogen and oxygen atoms in total. The third-order valence-corrected chi connectivity index (χ3v) is 4.24. The zero-order chi connectivity index (χ0) is 18.2. The molecule has 0 spiro atoms. The first kappa shape index (κ1) is 19.1. The molecule has 0 aromatic heterocycles. The molecule has 0 atom stereocenters. The molecule has 1 aliphatic heterocycles. The number of ether oxygens (including phenoxy) is 3. The van der Waals surface area contributed by atoms with Crippen LogP contribution < -0.4 is 14.8 Å². The number of hydrogen-bond acceptors (Lipinski definition) is 5. The summed E-state index contributed by atoms with van der Waals surface area (Å²) >= 11 is 0. The fourth-order valence-electron chi connectivity index (χ4n) is 2.85. The molecule has 25 heavy (non-hydrogen) atoms. The van der Waals surface area contributed by atoms with E-state index in [-0.39, 0.29) is 24.5 Å². The highest BCUT2D eigenvalue weighted by Gasteiger charge is 2.23. The lowest BCUT2D eigenvalue weighted by Crippen LogP contribution is -2.45. The van der Waals surface area contributed by atoms with Crippen LogP contribution in [0.25, 0.3) is 0 Å². The first-order chi connectivity index (χ1) is 12.1. The second-order valence-corrected chi connectivity index (χ2v) is 5.79. The third-order valence-electron chi connectivity index (χ3n) is 4.24. The smallest absolute Gasteiger partial charge is 0.251 e. The summed E-state index contributed by atoms with van der Waals surface area (Å²) in [6, 6.07) is 4.88. The molecule has 1 aromatic rings. The highest BCUT2D eigenvalue weighted by molar-refractivity contribution is 5.97. The van der Waals surface area contributed by atoms with Crippen molar-refractivity contribution in [1.29, 1.82) is 0 Å². The molecule has 1 fully saturated rings. The van der Waals surface area contributed by atoms with Crippen LogP contribution in [0, 0.1) is 0 Å². The Hall–Kier alpha value is -2.28. The maximum atomic E-state index is 12.2. The molecule has 0 bridgehead atoms. The van der Waals surface area contributed by atoms with E-state index in [0.717, 1.165) is 12.8 Å². The number of likely N-dealkylation sites (tertiary alicyclic amines) is 1. The molecule has 1 heterocycles. The van der Waals surface area contributed by atoms with E-state index < -0.39 is 0 Å². The number of carbonyl (C=O) groups is 2. The van der Waals surface area contributed by atoms with Crippen LogP contribution in [-0.2, 0) is 9.53 Å². The quantitative estimate of drug-likeness (QED) is 0.806. The van der Waals surface area contributed by atoms with Gasteiger partial charge in [-0.3, -0.25) is 9.59 Å². The van der Waals surface area contributed by atoms with Crippen molar-refractivity contribution >= 4 is 11.8 Å². The van der Waals surface area contributed by atoms with Crippen LogP contribution in [0.5, 0.6) is 11.5 Å². The maximum Gasteiger partial charge on any atom is 0.251 e. The molecular formula is C18H26N2O5. The van der Waals surface area contributed by atoms with E-state index in [2.05, 4.69) is 5.32 Å². The van der Waals surface area contributed by atoms with Gasteiger partial charge in [0.1, 0.15) is 0 Å². The van der Waals surface area contributed by atoms with Crippen molar-refractivity contribution in [2.24, 2.45) is 0 Å². The van der Waals surface area contributed by atoms with Gasteiger partial charge in [-0.05, 0) is 38.0 Å². The number of rotatable bonds is 7. The number of methoxy groups -OCH3 is 2. The van der Waals surface area contributed by atoms with Crippen LogP contribution in [0.15, 0.2) is 18.2 Å². The Kier molecular flexibility index (Phi) is 7.06. The monoisotopic (exact) mass is 350 g/mol. The molecule has 138 valence electrons. The molecule has 0 radical (unpaired) electrons. The van der Waals surface area contributed by atoms with E-state index in [9.17, 15) is 9.59 Å². The van der Waals surface area contributed by atoms with Gasteiger partial charge >= 0.3 is 0 Å². The summed E-state index contributed by atoms with van der Waals surface area (Å²) in [5, 5.41) is 2.66. The van der Waals surface area contributed by atoms with Crippen LogP contribution in [0.4, 0.5) is 0 Å². The number of nitrogens with one attached hydrogen (secondary N) is 1. The first-order valence-corrected chi connectivity index (χ1v) is 8.48. The van der Waals surface area contributed by atoms with E-state index in [0.29, 0.717) is 36.8 Å². The predicted molar refractivity (Wildman–Crippen MR) is 93.1 cm³/mol. The number of nitrogens with zero attached hydrogens (tertiary/aromatic N) is 1. The summed E-state index contributed by atoms with van der Waals surface area (Å²) in [6.07, 6.45) is 1.90. The number of amides is 2. The molecule has 2 amide bonds. The highest BCUT2D eigenvalue weighted by Crippen LogP contribution is 2.27. The minimum atomic E-state index is -0.321. The van der Waals surface area contributed by atoms with Gasteiger partial charge < -0.3 is 24.4 Å². The molecule has 1 aliphatic rings. The van der Waals surface area contributed by atoms with Gasteiger partial charge in [-0.1, -0.05) is 0 Å². The van der Waals surface area contributed by atoms with E-state index >= 15 is 0 Å². The van der Waals surface area contributed by atoms with E-state index in [1.54, 1.807) is 23.1 Å². The van der Waals surface area contributed by atoms with Crippen LogP contribution >= 0.6 is 0 Å². The van der Waals surface area contributed by atoms with Crippen molar-refractivity contribution in [2.45, 2.75) is 25.9 Å². The second kappa shape index (κ2) is 9.27. The average Bonchev–Trinajstić information content (AvgIpc) is 2.66. The zero-order valence-electron chi connectivity index (χ0n) is 15.0. The third kappa shape index (κ3) is 5.09. The summed E-state index contributed by atoms with van der Waals surface area (Å²) in [6.45, 7) is 3.97. The first-order valence-electron chi connectivity index (χ1n) is 8.48. The highest BCUT2D eigenvalue weighted by atomic mass is 16.5. The van der Waals surface area contributed by atoms with Gasteiger partial charge in [-0.25, -0.2) is 0 Å². The van der Waals surface area contributed by atoms with Gasteiger partial charge in [0, 0.05) is 25.3 Å². The summed E-state index contributed by atoms with van der Waals surface area (Å²) in [5.41, 5.74) is 0.417. The molecule has 2 rings (SSSR count). The Labute approximate surface area is 148 Å². The standard InChI is InChI=1S/C18H26N2O5/c1-4-25-14-7-9-20(10-8-14)17(21)12-19-18(22)13-5-6-15(23-2)16(11-13)24-3/h5-6,11,14H,4,7-10,12H2,1-3H3,(H,19,22). The molecule has 7 heteroatoms. The Morgan fingerprint density at radius 1 is 1.16 bits per heavy atom. The van der Waals surface area contributed by atoms with Crippen LogP contribution in [0.2, 0.25) is 0 Å². The van der Waals surface area contributed by atoms with Gasteiger partial charge in [0.25, 0.3) is 5.91 Å². The molecule has 0 unspecified atom stereocenters. The molecule has 0 saturated carbocycles. The molecule has 1 saturated heterocycles. The minimum Gasteiger partial charge on any atom is -0.493 e. The predicted octanol–water partition coefficient (Wildman–Crippen LogP) is 1.46. The van der Waals surface area contributed by atoms with Crippen LogP contribution in [0.1, 0.15) is 30.1 Å². The second-order valence-electron chi connectivity index (χ2n) is 5.79. The molecule has 1 N–H and O–H groups in total. The Balaban J connectivity index is 1.84. The van der Waals surface area contributed by atoms with Gasteiger partial charge in [0.2, 0.25) is 5.91 Å². The summed E-state index contributed by atoms with van der Waals surface area (Å²) in [5.74, 6) is 0.619. The molecular weight excluding hydrogens is 324 g/mol. The summed E-state index contributed by atoms with van der Waals surface area (Å²) in [7, 11) is 3.04. The average molecular weight is 350 g/mol. The Morgan fingerprint density at radius 3 is 2.44 bits per heavy atom. The molecule has 0 aliphatic carbocycles. The van der Waals surface area contributed by atoms with Gasteiger partial charge in [-0.15, -0.1) is 0 Å². The van der Waals surface area contributed by atoms with Crippen molar-refractivity contribution < 1.29 is 23.8 Å². The van der Waals surface area contributed by atoms with Gasteiger partial charge in [0.05, 0.1) is 26.9 Å². The van der Waals surface area contributed by atoms with Crippen molar-refractivity contribution in [3.05, 3.63) is 23.8 Å². The largest absolute Gasteiger partial charge is 0.493 e. The van der Waals surface area contributed by atoms with E-state index in [1.807, 2.05) is 6.92 Å². The van der Waals surface area contributed by atoms with Crippen molar-refractivity contribution in [3.8, 4) is 11.5 Å². The fourth-order valence-corrected chi connectivity index (χ4v) is 2.85. The zero-order valence-corrected chi connectivity index (χ0v) is 15.0. The topological polar surface area (TPSA) is 77.1 Å². The normalized spacial score (nSPS) is 14.9.